The van der Waals surface area contributed by atoms with Gasteiger partial charge in [-0.25, -0.2) is 9.79 Å². The third-order valence-corrected chi connectivity index (χ3v) is 6.06. The van der Waals surface area contributed by atoms with E-state index in [1.165, 1.54) is 39.2 Å². The number of carbonyl (C=O) groups is 3. The zero-order valence-corrected chi connectivity index (χ0v) is 18.2. The van der Waals surface area contributed by atoms with E-state index in [4.69, 9.17) is 4.74 Å². The van der Waals surface area contributed by atoms with E-state index < -0.39 is 23.8 Å². The second kappa shape index (κ2) is 11.6. The predicted molar refractivity (Wildman–Crippen MR) is 117 cm³/mol. The van der Waals surface area contributed by atoms with Gasteiger partial charge in [-0.1, -0.05) is 62.4 Å². The lowest BCUT2D eigenvalue weighted by atomic mass is 9.86. The number of ketones is 1. The zero-order valence-electron chi connectivity index (χ0n) is 18.2. The molecule has 1 aromatic rings. The quantitative estimate of drug-likeness (QED) is 0.578. The van der Waals surface area contributed by atoms with Crippen LogP contribution in [-0.4, -0.2) is 49.4 Å². The number of amides is 1. The highest BCUT2D eigenvalue weighted by Crippen LogP contribution is 2.27. The first kappa shape index (κ1) is 23.0. The van der Waals surface area contributed by atoms with Crippen LogP contribution in [0.3, 0.4) is 0 Å². The fourth-order valence-electron chi connectivity index (χ4n) is 4.22. The summed E-state index contributed by atoms with van der Waals surface area (Å²) in [4.78, 5) is 41.4. The molecule has 168 valence electrons. The topological polar surface area (TPSA) is 94.1 Å². The Balaban J connectivity index is 1.61. The Morgan fingerprint density at radius 1 is 1.16 bits per heavy atom. The first-order valence-electron chi connectivity index (χ1n) is 11.2. The van der Waals surface area contributed by atoms with Gasteiger partial charge in [-0.3, -0.25) is 9.59 Å². The lowest BCUT2D eigenvalue weighted by molar-refractivity contribution is -0.142. The molecular formula is C24H32N2O5. The number of benzene rings is 1. The van der Waals surface area contributed by atoms with Crippen LogP contribution in [0.4, 0.5) is 0 Å². The molecule has 3 rings (SSSR count). The van der Waals surface area contributed by atoms with Crippen molar-refractivity contribution in [3.63, 3.8) is 0 Å². The van der Waals surface area contributed by atoms with Crippen LogP contribution in [0.2, 0.25) is 0 Å². The molecule has 1 amide bonds. The largest absolute Gasteiger partial charge is 0.472 e. The number of hydrogen-bond acceptors (Lipinski definition) is 6. The lowest BCUT2D eigenvalue weighted by Crippen LogP contribution is -2.44. The maximum absolute atomic E-state index is 13.0. The molecule has 2 aliphatic rings. The van der Waals surface area contributed by atoms with Gasteiger partial charge in [0.15, 0.2) is 6.04 Å². The van der Waals surface area contributed by atoms with Crippen molar-refractivity contribution in [3.8, 4) is 0 Å². The van der Waals surface area contributed by atoms with Gasteiger partial charge in [0.05, 0.1) is 13.2 Å². The molecule has 1 saturated carbocycles. The maximum atomic E-state index is 13.0. The van der Waals surface area contributed by atoms with Crippen molar-refractivity contribution in [2.24, 2.45) is 10.9 Å². The number of nitrogens with zero attached hydrogens (tertiary/aromatic N) is 1. The van der Waals surface area contributed by atoms with E-state index in [1.54, 1.807) is 0 Å². The van der Waals surface area contributed by atoms with E-state index in [9.17, 15) is 14.4 Å². The fraction of sp³-hybridized carbons (Fsp3) is 0.583. The third-order valence-electron chi connectivity index (χ3n) is 6.06. The van der Waals surface area contributed by atoms with Gasteiger partial charge in [0.1, 0.15) is 6.61 Å². The Labute approximate surface area is 183 Å². The van der Waals surface area contributed by atoms with Crippen molar-refractivity contribution in [2.45, 2.75) is 69.9 Å². The van der Waals surface area contributed by atoms with E-state index in [0.29, 0.717) is 25.2 Å². The number of nitrogens with one attached hydrogen (secondary N) is 1. The van der Waals surface area contributed by atoms with E-state index in [2.05, 4.69) is 15.0 Å². The molecule has 1 unspecified atom stereocenters. The van der Waals surface area contributed by atoms with E-state index in [-0.39, 0.29) is 18.4 Å². The van der Waals surface area contributed by atoms with E-state index in [1.807, 2.05) is 30.3 Å². The molecule has 0 aromatic heterocycles. The van der Waals surface area contributed by atoms with Crippen LogP contribution < -0.4 is 5.32 Å². The van der Waals surface area contributed by atoms with Crippen LogP contribution in [0.1, 0.15) is 56.9 Å². The van der Waals surface area contributed by atoms with Crippen LogP contribution in [0.25, 0.3) is 0 Å². The number of Topliss-reactive ketones (excluding diaryl/α,β-unsaturated/α-hetero) is 1. The third kappa shape index (κ3) is 6.91. The Morgan fingerprint density at radius 3 is 2.61 bits per heavy atom. The molecule has 7 nitrogen and oxygen atoms in total. The number of rotatable bonds is 10. The normalized spacial score (nSPS) is 19.8. The molecule has 0 saturated heterocycles. The second-order valence-corrected chi connectivity index (χ2v) is 8.34. The van der Waals surface area contributed by atoms with Gasteiger partial charge < -0.3 is 14.8 Å². The summed E-state index contributed by atoms with van der Waals surface area (Å²) in [5, 5.41) is 2.90. The summed E-state index contributed by atoms with van der Waals surface area (Å²) in [7, 11) is 1.27. The highest BCUT2D eigenvalue weighted by Gasteiger charge is 2.34. The number of ether oxygens (including phenoxy) is 2. The summed E-state index contributed by atoms with van der Waals surface area (Å²) in [5.74, 6) is -0.573. The monoisotopic (exact) mass is 428 g/mol. The molecule has 1 heterocycles. The van der Waals surface area contributed by atoms with Crippen LogP contribution >= 0.6 is 0 Å². The van der Waals surface area contributed by atoms with Crippen molar-refractivity contribution in [3.05, 3.63) is 35.9 Å². The molecule has 0 bridgehead atoms. The van der Waals surface area contributed by atoms with Crippen molar-refractivity contribution in [1.29, 1.82) is 0 Å². The Hall–Kier alpha value is -2.70. The number of esters is 1. The smallest absolute Gasteiger partial charge is 0.334 e. The van der Waals surface area contributed by atoms with Crippen molar-refractivity contribution >= 4 is 23.6 Å². The van der Waals surface area contributed by atoms with E-state index in [0.717, 1.165) is 12.0 Å². The van der Waals surface area contributed by atoms with Crippen LogP contribution in [0, 0.1) is 5.92 Å². The number of hydrogen-bond donors (Lipinski definition) is 1. The standard InChI is InChI=1S/C24H32N2O5/c1-30-24(29)20-16-31-23(26-20)22(28)19(14-12-17-8-4-2-5-9-17)25-21(27)15-13-18-10-6-3-7-11-18/h2,4-5,8-9,18-20H,3,6-7,10-16H2,1H3,(H,25,27)/t19?,20-/m0/s1. The summed E-state index contributed by atoms with van der Waals surface area (Å²) < 4.78 is 10.0. The molecule has 1 aliphatic carbocycles. The number of aryl methyl sites for hydroxylation is 1. The van der Waals surface area contributed by atoms with Gasteiger partial charge in [0, 0.05) is 6.42 Å². The predicted octanol–water partition coefficient (Wildman–Crippen LogP) is 3.00. The fourth-order valence-corrected chi connectivity index (χ4v) is 4.22. The zero-order chi connectivity index (χ0) is 22.1. The highest BCUT2D eigenvalue weighted by atomic mass is 16.5. The molecule has 2 atom stereocenters. The minimum Gasteiger partial charge on any atom is -0.472 e. The van der Waals surface area contributed by atoms with Gasteiger partial charge in [-0.05, 0) is 30.7 Å². The first-order chi connectivity index (χ1) is 15.1. The molecule has 31 heavy (non-hydrogen) atoms. The summed E-state index contributed by atoms with van der Waals surface area (Å²) in [6.45, 7) is -0.0191. The molecule has 7 heteroatoms. The number of carbonyl (C=O) groups excluding carboxylic acids is 3. The maximum Gasteiger partial charge on any atom is 0.334 e. The van der Waals surface area contributed by atoms with Crippen molar-refractivity contribution in [1.82, 2.24) is 5.32 Å². The summed E-state index contributed by atoms with van der Waals surface area (Å²) in [6, 6.07) is 8.23. The summed E-state index contributed by atoms with van der Waals surface area (Å²) in [5.41, 5.74) is 1.08. The summed E-state index contributed by atoms with van der Waals surface area (Å²) in [6.07, 6.45) is 8.47. The van der Waals surface area contributed by atoms with Crippen molar-refractivity contribution < 1.29 is 23.9 Å². The number of aliphatic imine (C=N–C) groups is 1. The van der Waals surface area contributed by atoms with Gasteiger partial charge in [-0.2, -0.15) is 0 Å². The summed E-state index contributed by atoms with van der Waals surface area (Å²) >= 11 is 0. The Bertz CT molecular complexity index is 786. The van der Waals surface area contributed by atoms with Crippen LogP contribution in [-0.2, 0) is 30.3 Å². The second-order valence-electron chi connectivity index (χ2n) is 8.34. The van der Waals surface area contributed by atoms with Crippen LogP contribution in [0.15, 0.2) is 35.3 Å². The highest BCUT2D eigenvalue weighted by molar-refractivity contribution is 6.39. The van der Waals surface area contributed by atoms with Gasteiger partial charge >= 0.3 is 5.97 Å². The molecule has 0 spiro atoms. The molecular weight excluding hydrogens is 396 g/mol. The van der Waals surface area contributed by atoms with Gasteiger partial charge in [0.25, 0.3) is 5.90 Å². The molecule has 0 radical (unpaired) electrons. The Kier molecular flexibility index (Phi) is 8.62. The molecule has 1 N–H and O–H groups in total. The minimum absolute atomic E-state index is 0.0191. The molecule has 1 fully saturated rings. The first-order valence-corrected chi connectivity index (χ1v) is 11.2. The van der Waals surface area contributed by atoms with Gasteiger partial charge in [0.2, 0.25) is 11.7 Å². The molecule has 1 aromatic carbocycles. The lowest BCUT2D eigenvalue weighted by Gasteiger charge is -2.22. The minimum atomic E-state index is -0.833. The van der Waals surface area contributed by atoms with Crippen LogP contribution in [0.5, 0.6) is 0 Å². The Morgan fingerprint density at radius 2 is 1.90 bits per heavy atom. The average molecular weight is 429 g/mol. The SMILES string of the molecule is COC(=O)[C@@H]1COC(C(=O)C(CCc2ccccc2)NC(=O)CCC2CCCCC2)=N1. The van der Waals surface area contributed by atoms with Gasteiger partial charge in [-0.15, -0.1) is 0 Å². The number of methoxy groups -OCH3 is 1. The average Bonchev–Trinajstić information content (AvgIpc) is 3.31. The molecule has 1 aliphatic heterocycles. The van der Waals surface area contributed by atoms with Crippen molar-refractivity contribution in [2.75, 3.05) is 13.7 Å². The van der Waals surface area contributed by atoms with E-state index >= 15 is 0 Å².